The number of benzene rings is 3. The fraction of sp³-hybridized carbons (Fsp3) is 0.0741. The van der Waals surface area contributed by atoms with Gasteiger partial charge in [-0.15, -0.1) is 11.3 Å². The lowest BCUT2D eigenvalue weighted by molar-refractivity contribution is 0.563. The second-order valence-electron chi connectivity index (χ2n) is 8.03. The van der Waals surface area contributed by atoms with Crippen LogP contribution in [0.5, 0.6) is 0 Å². The molecule has 166 valence electrons. The Kier molecular flexibility index (Phi) is 5.24. The third-order valence-corrected chi connectivity index (χ3v) is 6.96. The summed E-state index contributed by atoms with van der Waals surface area (Å²) in [6.07, 6.45) is 0.735. The van der Waals surface area contributed by atoms with E-state index in [1.165, 1.54) is 11.3 Å². The van der Waals surface area contributed by atoms with Crippen LogP contribution in [0.15, 0.2) is 105 Å². The second-order valence-corrected chi connectivity index (χ2v) is 9.30. The third kappa shape index (κ3) is 3.81. The molecule has 6 rings (SSSR count). The van der Waals surface area contributed by atoms with Crippen LogP contribution in [0.2, 0.25) is 5.02 Å². The van der Waals surface area contributed by atoms with Gasteiger partial charge >= 0.3 is 5.63 Å². The van der Waals surface area contributed by atoms with Crippen LogP contribution in [0.25, 0.3) is 22.2 Å². The Labute approximate surface area is 204 Å². The zero-order valence-corrected chi connectivity index (χ0v) is 19.5. The molecule has 1 atom stereocenters. The predicted molar refractivity (Wildman–Crippen MR) is 138 cm³/mol. The number of aromatic nitrogens is 1. The minimum absolute atomic E-state index is 0.00103. The van der Waals surface area contributed by atoms with Gasteiger partial charge in [-0.3, -0.25) is 0 Å². The molecule has 0 bridgehead atoms. The lowest BCUT2D eigenvalue weighted by Gasteiger charge is -2.21. The van der Waals surface area contributed by atoms with Crippen LogP contribution in [-0.2, 0) is 0 Å². The minimum Gasteiger partial charge on any atom is -0.422 e. The molecule has 7 heteroatoms. The van der Waals surface area contributed by atoms with Gasteiger partial charge in [0.2, 0.25) is 5.13 Å². The van der Waals surface area contributed by atoms with E-state index in [1.807, 2.05) is 77.1 Å². The molecule has 5 nitrogen and oxygen atoms in total. The summed E-state index contributed by atoms with van der Waals surface area (Å²) >= 11 is 7.55. The van der Waals surface area contributed by atoms with Crippen LogP contribution >= 0.6 is 22.9 Å². The molecule has 3 aromatic carbocycles. The number of nitrogens with zero attached hydrogens (tertiary/aromatic N) is 3. The zero-order valence-electron chi connectivity index (χ0n) is 17.9. The van der Waals surface area contributed by atoms with Crippen LogP contribution in [0.3, 0.4) is 0 Å². The fourth-order valence-corrected chi connectivity index (χ4v) is 5.12. The first-order chi connectivity index (χ1) is 16.7. The maximum Gasteiger partial charge on any atom is 0.345 e. The molecule has 0 saturated carbocycles. The molecular formula is C27H18ClN3O2S. The van der Waals surface area contributed by atoms with E-state index in [1.54, 1.807) is 6.07 Å². The number of anilines is 1. The molecule has 0 aliphatic carbocycles. The summed E-state index contributed by atoms with van der Waals surface area (Å²) in [5, 5.41) is 11.1. The molecule has 0 radical (unpaired) electrons. The van der Waals surface area contributed by atoms with Crippen molar-refractivity contribution in [1.29, 1.82) is 0 Å². The van der Waals surface area contributed by atoms with E-state index in [4.69, 9.17) is 26.1 Å². The van der Waals surface area contributed by atoms with Crippen molar-refractivity contribution in [2.75, 3.05) is 5.01 Å². The van der Waals surface area contributed by atoms with Gasteiger partial charge in [0.1, 0.15) is 5.58 Å². The second kappa shape index (κ2) is 8.56. The number of halogens is 1. The van der Waals surface area contributed by atoms with E-state index in [-0.39, 0.29) is 6.04 Å². The van der Waals surface area contributed by atoms with Gasteiger partial charge in [0.25, 0.3) is 0 Å². The van der Waals surface area contributed by atoms with E-state index < -0.39 is 5.63 Å². The maximum atomic E-state index is 12.7. The first-order valence-corrected chi connectivity index (χ1v) is 12.1. The molecule has 0 amide bonds. The SMILES string of the molecule is O=c1oc2ccccc2cc1-c1csc(N2N=C(c3ccc(Cl)cc3)CC2c2ccccc2)n1. The summed E-state index contributed by atoms with van der Waals surface area (Å²) in [6.45, 7) is 0. The summed E-state index contributed by atoms with van der Waals surface area (Å²) in [5.41, 5.74) is 4.33. The van der Waals surface area contributed by atoms with Gasteiger partial charge in [-0.25, -0.2) is 14.8 Å². The Bertz CT molecular complexity index is 1580. The first kappa shape index (κ1) is 20.8. The first-order valence-electron chi connectivity index (χ1n) is 10.8. The molecule has 1 aliphatic rings. The van der Waals surface area contributed by atoms with E-state index in [0.29, 0.717) is 21.9 Å². The van der Waals surface area contributed by atoms with Gasteiger partial charge in [-0.2, -0.15) is 5.10 Å². The van der Waals surface area contributed by atoms with E-state index >= 15 is 0 Å². The van der Waals surface area contributed by atoms with Crippen molar-refractivity contribution in [2.45, 2.75) is 12.5 Å². The quantitative estimate of drug-likeness (QED) is 0.260. The van der Waals surface area contributed by atoms with Gasteiger partial charge in [0, 0.05) is 22.2 Å². The number of hydrogen-bond acceptors (Lipinski definition) is 6. The molecule has 0 saturated heterocycles. The molecule has 1 aliphatic heterocycles. The monoisotopic (exact) mass is 483 g/mol. The third-order valence-electron chi connectivity index (χ3n) is 5.88. The number of rotatable bonds is 4. The number of hydrazone groups is 1. The minimum atomic E-state index is -0.401. The molecule has 5 aromatic rings. The van der Waals surface area contributed by atoms with Gasteiger partial charge in [0.05, 0.1) is 23.0 Å². The normalized spacial score (nSPS) is 15.6. The Morgan fingerprint density at radius 2 is 1.74 bits per heavy atom. The Hall–Kier alpha value is -3.74. The fourth-order valence-electron chi connectivity index (χ4n) is 4.17. The van der Waals surface area contributed by atoms with Crippen LogP contribution in [0.4, 0.5) is 5.13 Å². The smallest absolute Gasteiger partial charge is 0.345 e. The van der Waals surface area contributed by atoms with Crippen LogP contribution in [0.1, 0.15) is 23.6 Å². The average molecular weight is 484 g/mol. The standard InChI is InChI=1S/C27H18ClN3O2S/c28-20-12-10-17(11-13-20)22-15-24(18-6-2-1-3-7-18)31(30-22)27-29-23(16-34-27)21-14-19-8-4-5-9-25(19)33-26(21)32/h1-14,16,24H,15H2. The van der Waals surface area contributed by atoms with Crippen LogP contribution < -0.4 is 10.6 Å². The highest BCUT2D eigenvalue weighted by Crippen LogP contribution is 2.39. The maximum absolute atomic E-state index is 12.7. The highest BCUT2D eigenvalue weighted by molar-refractivity contribution is 7.14. The molecule has 3 heterocycles. The molecule has 2 aromatic heterocycles. The van der Waals surface area contributed by atoms with Crippen molar-refractivity contribution in [2.24, 2.45) is 5.10 Å². The number of hydrogen-bond donors (Lipinski definition) is 0. The summed E-state index contributed by atoms with van der Waals surface area (Å²) < 4.78 is 5.51. The van der Waals surface area contributed by atoms with Crippen molar-refractivity contribution < 1.29 is 4.42 Å². The van der Waals surface area contributed by atoms with Gasteiger partial charge in [-0.1, -0.05) is 72.3 Å². The largest absolute Gasteiger partial charge is 0.422 e. The summed E-state index contributed by atoms with van der Waals surface area (Å²) in [5.74, 6) is 0. The highest BCUT2D eigenvalue weighted by Gasteiger charge is 2.32. The zero-order chi connectivity index (χ0) is 23.1. The summed E-state index contributed by atoms with van der Waals surface area (Å²) in [4.78, 5) is 17.5. The van der Waals surface area contributed by atoms with Crippen LogP contribution in [0, 0.1) is 0 Å². The topological polar surface area (TPSA) is 58.7 Å². The lowest BCUT2D eigenvalue weighted by atomic mass is 9.99. The van der Waals surface area contributed by atoms with E-state index in [0.717, 1.165) is 33.8 Å². The molecule has 0 spiro atoms. The average Bonchev–Trinajstić information content (AvgIpc) is 3.52. The molecule has 0 fully saturated rings. The van der Waals surface area contributed by atoms with Crippen molar-refractivity contribution in [1.82, 2.24) is 4.98 Å². The molecule has 1 unspecified atom stereocenters. The predicted octanol–water partition coefficient (Wildman–Crippen LogP) is 6.93. The van der Waals surface area contributed by atoms with Gasteiger partial charge in [-0.05, 0) is 35.4 Å². The number of thiazole rings is 1. The Morgan fingerprint density at radius 1 is 0.971 bits per heavy atom. The van der Waals surface area contributed by atoms with Crippen molar-refractivity contribution in [3.63, 3.8) is 0 Å². The summed E-state index contributed by atoms with van der Waals surface area (Å²) in [7, 11) is 0. The van der Waals surface area contributed by atoms with Crippen molar-refractivity contribution in [3.05, 3.63) is 117 Å². The lowest BCUT2D eigenvalue weighted by Crippen LogP contribution is -2.18. The highest BCUT2D eigenvalue weighted by atomic mass is 35.5. The van der Waals surface area contributed by atoms with E-state index in [2.05, 4.69) is 12.1 Å². The van der Waals surface area contributed by atoms with Gasteiger partial charge < -0.3 is 4.42 Å². The Balaban J connectivity index is 1.41. The Morgan fingerprint density at radius 3 is 2.56 bits per heavy atom. The van der Waals surface area contributed by atoms with Gasteiger partial charge in [0.15, 0.2) is 0 Å². The molecule has 0 N–H and O–H groups in total. The van der Waals surface area contributed by atoms with Crippen molar-refractivity contribution in [3.8, 4) is 11.3 Å². The molecule has 34 heavy (non-hydrogen) atoms. The number of para-hydroxylation sites is 1. The van der Waals surface area contributed by atoms with E-state index in [9.17, 15) is 4.79 Å². The summed E-state index contributed by atoms with van der Waals surface area (Å²) in [6, 6.07) is 27.3. The van der Waals surface area contributed by atoms with Crippen LogP contribution in [-0.4, -0.2) is 10.7 Å². The molecular weight excluding hydrogens is 466 g/mol. The van der Waals surface area contributed by atoms with Crippen molar-refractivity contribution >= 4 is 44.8 Å². The number of fused-ring (bicyclic) bond motifs is 1.